The number of aromatic nitrogens is 2. The van der Waals surface area contributed by atoms with Gasteiger partial charge in [0.1, 0.15) is 11.1 Å². The van der Waals surface area contributed by atoms with Crippen molar-refractivity contribution in [3.05, 3.63) is 102 Å². The SMILES string of the molecule is C=CC(=O)Nc1ccc(-n2c(=O)ccc3oc4ccc(-c5ccc(F)nc5)cc4c32)cc1. The number of benzene rings is 2. The summed E-state index contributed by atoms with van der Waals surface area (Å²) in [6.45, 7) is 3.43. The number of nitrogens with zero attached hydrogens (tertiary/aromatic N) is 2. The number of nitrogens with one attached hydrogen (secondary N) is 1. The van der Waals surface area contributed by atoms with Gasteiger partial charge in [-0.1, -0.05) is 12.6 Å². The number of anilines is 1. The van der Waals surface area contributed by atoms with Gasteiger partial charge < -0.3 is 9.73 Å². The summed E-state index contributed by atoms with van der Waals surface area (Å²) in [6, 6.07) is 18.5. The van der Waals surface area contributed by atoms with E-state index in [0.717, 1.165) is 16.5 Å². The lowest BCUT2D eigenvalue weighted by atomic mass is 10.1. The third kappa shape index (κ3) is 3.35. The van der Waals surface area contributed by atoms with E-state index in [-0.39, 0.29) is 11.5 Å². The zero-order valence-corrected chi connectivity index (χ0v) is 16.7. The summed E-state index contributed by atoms with van der Waals surface area (Å²) in [5, 5.41) is 3.42. The lowest BCUT2D eigenvalue weighted by Gasteiger charge is -2.09. The highest BCUT2D eigenvalue weighted by molar-refractivity contribution is 6.05. The molecule has 0 bridgehead atoms. The van der Waals surface area contributed by atoms with Crippen LogP contribution in [0.4, 0.5) is 10.1 Å². The van der Waals surface area contributed by atoms with Crippen LogP contribution in [0.15, 0.2) is 94.8 Å². The molecule has 0 aliphatic carbocycles. The number of halogens is 1. The number of carbonyl (C=O) groups is 1. The normalized spacial score (nSPS) is 11.0. The van der Waals surface area contributed by atoms with Crippen molar-refractivity contribution in [3.8, 4) is 16.8 Å². The largest absolute Gasteiger partial charge is 0.454 e. The van der Waals surface area contributed by atoms with Crippen LogP contribution in [-0.4, -0.2) is 15.5 Å². The summed E-state index contributed by atoms with van der Waals surface area (Å²) in [6.07, 6.45) is 2.65. The van der Waals surface area contributed by atoms with Gasteiger partial charge in [0, 0.05) is 34.6 Å². The minimum absolute atomic E-state index is 0.225. The predicted molar refractivity (Wildman–Crippen MR) is 121 cm³/mol. The molecule has 156 valence electrons. The molecule has 0 atom stereocenters. The maximum absolute atomic E-state index is 13.2. The Morgan fingerprint density at radius 3 is 2.47 bits per heavy atom. The molecule has 5 aromatic rings. The first-order valence-corrected chi connectivity index (χ1v) is 9.77. The lowest BCUT2D eigenvalue weighted by Crippen LogP contribution is -2.17. The molecule has 5 rings (SSSR count). The molecule has 0 unspecified atom stereocenters. The van der Waals surface area contributed by atoms with Crippen molar-refractivity contribution in [1.82, 2.24) is 9.55 Å². The smallest absolute Gasteiger partial charge is 0.255 e. The van der Waals surface area contributed by atoms with Crippen molar-refractivity contribution in [1.29, 1.82) is 0 Å². The molecule has 6 nitrogen and oxygen atoms in total. The predicted octanol–water partition coefficient (Wildman–Crippen LogP) is 5.06. The Balaban J connectivity index is 1.69. The molecular weight excluding hydrogens is 409 g/mol. The van der Waals surface area contributed by atoms with Crippen LogP contribution >= 0.6 is 0 Å². The highest BCUT2D eigenvalue weighted by atomic mass is 19.1. The second kappa shape index (κ2) is 7.63. The summed E-state index contributed by atoms with van der Waals surface area (Å²) in [4.78, 5) is 28.1. The van der Waals surface area contributed by atoms with Crippen molar-refractivity contribution in [2.24, 2.45) is 0 Å². The average Bonchev–Trinajstić information content (AvgIpc) is 3.18. The van der Waals surface area contributed by atoms with E-state index in [1.165, 1.54) is 24.4 Å². The van der Waals surface area contributed by atoms with Crippen molar-refractivity contribution in [3.63, 3.8) is 0 Å². The third-order valence-electron chi connectivity index (χ3n) is 5.15. The molecule has 0 spiro atoms. The summed E-state index contributed by atoms with van der Waals surface area (Å²) < 4.78 is 20.8. The molecule has 1 N–H and O–H groups in total. The second-order valence-electron chi connectivity index (χ2n) is 7.14. The highest BCUT2D eigenvalue weighted by Crippen LogP contribution is 2.32. The Bertz CT molecular complexity index is 1550. The quantitative estimate of drug-likeness (QED) is 0.322. The number of carbonyl (C=O) groups excluding carboxylic acids is 1. The summed E-state index contributed by atoms with van der Waals surface area (Å²) >= 11 is 0. The fourth-order valence-corrected chi connectivity index (χ4v) is 3.65. The Kier molecular flexibility index (Phi) is 4.63. The van der Waals surface area contributed by atoms with Crippen LogP contribution in [0.1, 0.15) is 0 Å². The third-order valence-corrected chi connectivity index (χ3v) is 5.15. The van der Waals surface area contributed by atoms with Gasteiger partial charge in [-0.25, -0.2) is 4.98 Å². The molecule has 1 amide bonds. The van der Waals surface area contributed by atoms with E-state index in [1.54, 1.807) is 41.0 Å². The first-order chi connectivity index (χ1) is 15.5. The van der Waals surface area contributed by atoms with Crippen molar-refractivity contribution < 1.29 is 13.6 Å². The van der Waals surface area contributed by atoms with Gasteiger partial charge in [-0.15, -0.1) is 0 Å². The fourth-order valence-electron chi connectivity index (χ4n) is 3.65. The van der Waals surface area contributed by atoms with Crippen molar-refractivity contribution in [2.75, 3.05) is 5.32 Å². The topological polar surface area (TPSA) is 77.1 Å². The van der Waals surface area contributed by atoms with Crippen LogP contribution in [0, 0.1) is 5.95 Å². The van der Waals surface area contributed by atoms with Gasteiger partial charge in [0.05, 0.1) is 0 Å². The van der Waals surface area contributed by atoms with Crippen LogP contribution in [0.3, 0.4) is 0 Å². The number of hydrogen-bond donors (Lipinski definition) is 1. The van der Waals surface area contributed by atoms with E-state index in [1.807, 2.05) is 18.2 Å². The van der Waals surface area contributed by atoms with E-state index < -0.39 is 5.95 Å². The molecule has 7 heteroatoms. The van der Waals surface area contributed by atoms with Crippen LogP contribution in [0.25, 0.3) is 38.9 Å². The van der Waals surface area contributed by atoms with Gasteiger partial charge in [0.15, 0.2) is 5.58 Å². The first-order valence-electron chi connectivity index (χ1n) is 9.77. The van der Waals surface area contributed by atoms with Crippen LogP contribution in [-0.2, 0) is 4.79 Å². The van der Waals surface area contributed by atoms with Crippen molar-refractivity contribution >= 4 is 33.7 Å². The number of fused-ring (bicyclic) bond motifs is 3. The van der Waals surface area contributed by atoms with Gasteiger partial charge >= 0.3 is 0 Å². The monoisotopic (exact) mass is 425 g/mol. The van der Waals surface area contributed by atoms with Gasteiger partial charge in [0.25, 0.3) is 5.56 Å². The molecule has 32 heavy (non-hydrogen) atoms. The van der Waals surface area contributed by atoms with Crippen LogP contribution < -0.4 is 10.9 Å². The Hall–Kier alpha value is -4.52. The molecule has 3 aromatic heterocycles. The number of pyridine rings is 2. The Morgan fingerprint density at radius 1 is 1.00 bits per heavy atom. The minimum atomic E-state index is -0.551. The summed E-state index contributed by atoms with van der Waals surface area (Å²) in [5.74, 6) is -0.870. The molecule has 0 saturated heterocycles. The van der Waals surface area contributed by atoms with Gasteiger partial charge in [-0.05, 0) is 66.2 Å². The zero-order valence-electron chi connectivity index (χ0n) is 16.7. The molecule has 0 radical (unpaired) electrons. The second-order valence-corrected chi connectivity index (χ2v) is 7.14. The maximum Gasteiger partial charge on any atom is 0.255 e. The van der Waals surface area contributed by atoms with Crippen LogP contribution in [0.2, 0.25) is 0 Å². The minimum Gasteiger partial charge on any atom is -0.454 e. The standard InChI is InChI=1S/C25H16FN3O3/c1-2-23(30)28-17-5-7-18(8-6-17)29-24(31)12-10-21-25(29)19-13-15(3-9-20(19)32-21)16-4-11-22(26)27-14-16/h2-14H,1H2,(H,28,30). The van der Waals surface area contributed by atoms with E-state index in [9.17, 15) is 14.0 Å². The van der Waals surface area contributed by atoms with Gasteiger partial charge in [-0.3, -0.25) is 14.2 Å². The first kappa shape index (κ1) is 19.4. The highest BCUT2D eigenvalue weighted by Gasteiger charge is 2.15. The summed E-state index contributed by atoms with van der Waals surface area (Å²) in [5.41, 5.74) is 4.33. The maximum atomic E-state index is 13.2. The number of hydrogen-bond acceptors (Lipinski definition) is 4. The van der Waals surface area contributed by atoms with E-state index in [0.29, 0.717) is 28.1 Å². The van der Waals surface area contributed by atoms with E-state index in [4.69, 9.17) is 4.42 Å². The molecule has 0 aliphatic rings. The molecule has 0 fully saturated rings. The molecule has 0 aliphatic heterocycles. The fraction of sp³-hybridized carbons (Fsp3) is 0. The Morgan fingerprint density at radius 2 is 1.75 bits per heavy atom. The number of furan rings is 1. The van der Waals surface area contributed by atoms with E-state index >= 15 is 0 Å². The van der Waals surface area contributed by atoms with Crippen LogP contribution in [0.5, 0.6) is 0 Å². The van der Waals surface area contributed by atoms with E-state index in [2.05, 4.69) is 16.9 Å². The molecule has 3 heterocycles. The number of rotatable bonds is 4. The zero-order chi connectivity index (χ0) is 22.2. The molecule has 0 saturated carbocycles. The Labute approximate surface area is 181 Å². The van der Waals surface area contributed by atoms with Gasteiger partial charge in [-0.2, -0.15) is 4.39 Å². The number of amides is 1. The summed E-state index contributed by atoms with van der Waals surface area (Å²) in [7, 11) is 0. The molecular formula is C25H16FN3O3. The molecule has 2 aromatic carbocycles. The van der Waals surface area contributed by atoms with Crippen molar-refractivity contribution in [2.45, 2.75) is 0 Å². The van der Waals surface area contributed by atoms with Gasteiger partial charge in [0.2, 0.25) is 11.9 Å². The average molecular weight is 425 g/mol. The lowest BCUT2D eigenvalue weighted by molar-refractivity contribution is -0.111.